The fourth-order valence-electron chi connectivity index (χ4n) is 3.84. The molecular weight excluding hydrogens is 426 g/mol. The molecule has 0 bridgehead atoms. The van der Waals surface area contributed by atoms with Crippen LogP contribution in [0.25, 0.3) is 5.69 Å². The number of piperidine rings is 1. The van der Waals surface area contributed by atoms with E-state index < -0.39 is 4.92 Å². The first-order valence-corrected chi connectivity index (χ1v) is 10.5. The van der Waals surface area contributed by atoms with E-state index in [1.165, 1.54) is 16.8 Å². The fraction of sp³-hybridized carbons (Fsp3) is 0.318. The van der Waals surface area contributed by atoms with Crippen molar-refractivity contribution in [1.29, 1.82) is 0 Å². The molecule has 0 spiro atoms. The fourth-order valence-corrected chi connectivity index (χ4v) is 3.84. The third-order valence-electron chi connectivity index (χ3n) is 5.70. The van der Waals surface area contributed by atoms with Gasteiger partial charge in [-0.15, -0.1) is 5.10 Å². The number of non-ortho nitro benzene ring substituents is 1. The van der Waals surface area contributed by atoms with Gasteiger partial charge in [-0.25, -0.2) is 9.67 Å². The van der Waals surface area contributed by atoms with Crippen LogP contribution in [0, 0.1) is 29.9 Å². The summed E-state index contributed by atoms with van der Waals surface area (Å²) in [4.78, 5) is 42.0. The van der Waals surface area contributed by atoms with E-state index in [-0.39, 0.29) is 29.1 Å². The number of nitro benzene ring substituents is 1. The van der Waals surface area contributed by atoms with Crippen LogP contribution in [0.1, 0.15) is 34.6 Å². The standard InChI is InChI=1S/C22H23N7O4/c1-14-6-9-23-19(12-14)24-21(30)16-7-10-27(11-8-16)22(31)20-15(2)28(26-25-20)17-4-3-5-18(13-17)29(32)33/h3-6,9,12-13,16H,7-8,10-11H2,1-2H3,(H,23,24,30). The maximum atomic E-state index is 13.0. The number of amides is 2. The minimum atomic E-state index is -0.489. The molecule has 1 saturated heterocycles. The molecule has 3 aromatic rings. The van der Waals surface area contributed by atoms with Gasteiger partial charge in [0.25, 0.3) is 11.6 Å². The number of likely N-dealkylation sites (tertiary alicyclic amines) is 1. The number of aromatic nitrogens is 4. The van der Waals surface area contributed by atoms with Crippen molar-refractivity contribution < 1.29 is 14.5 Å². The number of nitrogens with zero attached hydrogens (tertiary/aromatic N) is 6. The molecule has 0 saturated carbocycles. The van der Waals surface area contributed by atoms with Crippen molar-refractivity contribution in [2.45, 2.75) is 26.7 Å². The van der Waals surface area contributed by atoms with Crippen molar-refractivity contribution in [2.24, 2.45) is 5.92 Å². The minimum Gasteiger partial charge on any atom is -0.337 e. The smallest absolute Gasteiger partial charge is 0.276 e. The van der Waals surface area contributed by atoms with Crippen LogP contribution in [0.3, 0.4) is 0 Å². The molecule has 11 nitrogen and oxygen atoms in total. The highest BCUT2D eigenvalue weighted by molar-refractivity contribution is 5.94. The van der Waals surface area contributed by atoms with Gasteiger partial charge in [-0.3, -0.25) is 19.7 Å². The van der Waals surface area contributed by atoms with Gasteiger partial charge in [0.2, 0.25) is 5.91 Å². The molecule has 0 unspecified atom stereocenters. The molecule has 0 aliphatic carbocycles. The quantitative estimate of drug-likeness (QED) is 0.467. The number of nitro groups is 1. The van der Waals surface area contributed by atoms with Crippen molar-refractivity contribution in [2.75, 3.05) is 18.4 Å². The summed E-state index contributed by atoms with van der Waals surface area (Å²) in [7, 11) is 0. The molecule has 0 atom stereocenters. The van der Waals surface area contributed by atoms with Crippen LogP contribution in [0.5, 0.6) is 0 Å². The number of carbonyl (C=O) groups is 2. The number of carbonyl (C=O) groups excluding carboxylic acids is 2. The average molecular weight is 449 g/mol. The van der Waals surface area contributed by atoms with Crippen LogP contribution < -0.4 is 5.32 Å². The molecule has 1 N–H and O–H groups in total. The van der Waals surface area contributed by atoms with Gasteiger partial charge in [0, 0.05) is 37.3 Å². The van der Waals surface area contributed by atoms with E-state index in [0.29, 0.717) is 43.1 Å². The van der Waals surface area contributed by atoms with Gasteiger partial charge >= 0.3 is 0 Å². The molecule has 4 rings (SSSR count). The summed E-state index contributed by atoms with van der Waals surface area (Å²) in [5.41, 5.74) is 2.07. The first-order valence-electron chi connectivity index (χ1n) is 10.5. The second kappa shape index (κ2) is 9.15. The zero-order valence-corrected chi connectivity index (χ0v) is 18.3. The SMILES string of the molecule is Cc1ccnc(NC(=O)C2CCN(C(=O)c3nnn(-c4cccc([N+](=O)[O-])c4)c3C)CC2)c1. The summed E-state index contributed by atoms with van der Waals surface area (Å²) in [6.07, 6.45) is 2.71. The van der Waals surface area contributed by atoms with Gasteiger partial charge in [-0.05, 0) is 50.5 Å². The molecule has 1 aliphatic heterocycles. The van der Waals surface area contributed by atoms with Gasteiger partial charge in [0.1, 0.15) is 5.82 Å². The van der Waals surface area contributed by atoms with Crippen molar-refractivity contribution in [3.63, 3.8) is 0 Å². The first-order chi connectivity index (χ1) is 15.8. The number of hydrogen-bond acceptors (Lipinski definition) is 7. The predicted molar refractivity (Wildman–Crippen MR) is 119 cm³/mol. The second-order valence-corrected chi connectivity index (χ2v) is 7.99. The summed E-state index contributed by atoms with van der Waals surface area (Å²) in [5, 5.41) is 21.9. The van der Waals surface area contributed by atoms with Crippen LogP contribution in [-0.2, 0) is 4.79 Å². The highest BCUT2D eigenvalue weighted by atomic mass is 16.6. The Hall–Kier alpha value is -4.15. The average Bonchev–Trinajstić information content (AvgIpc) is 3.20. The number of rotatable bonds is 5. The Bertz CT molecular complexity index is 1210. The molecule has 1 aromatic carbocycles. The topological polar surface area (TPSA) is 136 Å². The van der Waals surface area contributed by atoms with Gasteiger partial charge in [0.05, 0.1) is 16.3 Å². The van der Waals surface area contributed by atoms with E-state index in [4.69, 9.17) is 0 Å². The number of benzene rings is 1. The van der Waals surface area contributed by atoms with Crippen molar-refractivity contribution in [3.05, 3.63) is 69.7 Å². The Morgan fingerprint density at radius 3 is 2.61 bits per heavy atom. The number of hydrogen-bond donors (Lipinski definition) is 1. The van der Waals surface area contributed by atoms with Gasteiger partial charge in [0.15, 0.2) is 5.69 Å². The summed E-state index contributed by atoms with van der Waals surface area (Å²) < 4.78 is 1.41. The van der Waals surface area contributed by atoms with Gasteiger partial charge in [-0.2, -0.15) is 0 Å². The largest absolute Gasteiger partial charge is 0.337 e. The summed E-state index contributed by atoms with van der Waals surface area (Å²) in [6.45, 7) is 4.46. The normalized spacial score (nSPS) is 14.2. The maximum absolute atomic E-state index is 13.0. The highest BCUT2D eigenvalue weighted by Gasteiger charge is 2.30. The predicted octanol–water partition coefficient (Wildman–Crippen LogP) is 2.68. The monoisotopic (exact) mass is 449 g/mol. The van der Waals surface area contributed by atoms with E-state index in [0.717, 1.165) is 5.56 Å². The Morgan fingerprint density at radius 2 is 1.91 bits per heavy atom. The van der Waals surface area contributed by atoms with E-state index in [1.54, 1.807) is 30.2 Å². The molecule has 3 heterocycles. The molecule has 2 aromatic heterocycles. The Balaban J connectivity index is 1.40. The van der Waals surface area contributed by atoms with E-state index >= 15 is 0 Å². The Kier molecular flexibility index (Phi) is 6.11. The van der Waals surface area contributed by atoms with Crippen LogP contribution in [0.15, 0.2) is 42.6 Å². The van der Waals surface area contributed by atoms with Crippen molar-refractivity contribution >= 4 is 23.3 Å². The number of nitrogens with one attached hydrogen (secondary N) is 1. The van der Waals surface area contributed by atoms with Crippen LogP contribution in [-0.4, -0.2) is 54.7 Å². The molecule has 0 radical (unpaired) electrons. The summed E-state index contributed by atoms with van der Waals surface area (Å²) in [6, 6.07) is 9.65. The van der Waals surface area contributed by atoms with E-state index in [1.807, 2.05) is 19.1 Å². The van der Waals surface area contributed by atoms with Crippen LogP contribution >= 0.6 is 0 Å². The number of pyridine rings is 1. The maximum Gasteiger partial charge on any atom is 0.276 e. The van der Waals surface area contributed by atoms with Crippen molar-refractivity contribution in [3.8, 4) is 5.69 Å². The number of aryl methyl sites for hydroxylation is 1. The second-order valence-electron chi connectivity index (χ2n) is 7.99. The minimum absolute atomic E-state index is 0.0727. The molecule has 1 aliphatic rings. The lowest BCUT2D eigenvalue weighted by atomic mass is 9.95. The zero-order chi connectivity index (χ0) is 23.5. The van der Waals surface area contributed by atoms with Crippen molar-refractivity contribution in [1.82, 2.24) is 24.9 Å². The molecule has 11 heteroatoms. The lowest BCUT2D eigenvalue weighted by Crippen LogP contribution is -2.41. The van der Waals surface area contributed by atoms with Gasteiger partial charge < -0.3 is 10.2 Å². The summed E-state index contributed by atoms with van der Waals surface area (Å²) in [5.74, 6) is -0.0683. The first kappa shape index (κ1) is 22.1. The molecule has 33 heavy (non-hydrogen) atoms. The molecule has 2 amide bonds. The van der Waals surface area contributed by atoms with Crippen LogP contribution in [0.4, 0.5) is 11.5 Å². The van der Waals surface area contributed by atoms with Crippen LogP contribution in [0.2, 0.25) is 0 Å². The Labute approximate surface area is 189 Å². The molecule has 170 valence electrons. The molecule has 1 fully saturated rings. The Morgan fingerprint density at radius 1 is 1.15 bits per heavy atom. The highest BCUT2D eigenvalue weighted by Crippen LogP contribution is 2.23. The zero-order valence-electron chi connectivity index (χ0n) is 18.3. The lowest BCUT2D eigenvalue weighted by Gasteiger charge is -2.30. The van der Waals surface area contributed by atoms with Gasteiger partial charge in [-0.1, -0.05) is 11.3 Å². The molecular formula is C22H23N7O4. The summed E-state index contributed by atoms with van der Waals surface area (Å²) >= 11 is 0. The number of anilines is 1. The third kappa shape index (κ3) is 4.71. The third-order valence-corrected chi connectivity index (χ3v) is 5.70. The lowest BCUT2D eigenvalue weighted by molar-refractivity contribution is -0.384. The van der Waals surface area contributed by atoms with E-state index in [2.05, 4.69) is 20.6 Å². The van der Waals surface area contributed by atoms with E-state index in [9.17, 15) is 19.7 Å².